The molecule has 0 aliphatic carbocycles. The second-order valence-corrected chi connectivity index (χ2v) is 14.0. The minimum Gasteiger partial charge on any atom is -0.286 e. The van der Waals surface area contributed by atoms with Crippen LogP contribution in [0.5, 0.6) is 5.75 Å². The summed E-state index contributed by atoms with van der Waals surface area (Å²) in [6.45, 7) is 6.31. The van der Waals surface area contributed by atoms with Crippen molar-refractivity contribution in [1.82, 2.24) is 0 Å². The molecule has 5 aromatic carbocycles. The van der Waals surface area contributed by atoms with Crippen LogP contribution in [-0.2, 0) is 11.2 Å². The van der Waals surface area contributed by atoms with Crippen molar-refractivity contribution in [2.45, 2.75) is 20.8 Å². The summed E-state index contributed by atoms with van der Waals surface area (Å²) < 4.78 is 300. The molecule has 0 saturated carbocycles. The molecule has 312 valence electrons. The van der Waals surface area contributed by atoms with E-state index in [4.69, 9.17) is 4.18 Å². The van der Waals surface area contributed by atoms with Crippen LogP contribution in [0.15, 0.2) is 12.1 Å². The van der Waals surface area contributed by atoms with Crippen LogP contribution in [-0.4, -0.2) is 18.7 Å². The average Bonchev–Trinajstić information content (AvgIpc) is 3.16. The molecule has 1 nitrogen and oxygen atoms in total. The summed E-state index contributed by atoms with van der Waals surface area (Å²) in [5, 5.41) is 0. The van der Waals surface area contributed by atoms with Crippen LogP contribution in [0.3, 0.4) is 0 Å². The average molecular weight is 876 g/mol. The third-order valence-corrected chi connectivity index (χ3v) is 9.06. The zero-order valence-electron chi connectivity index (χ0n) is 29.1. The minimum atomic E-state index is -7.22. The van der Waals surface area contributed by atoms with Crippen molar-refractivity contribution >= 4 is 39.2 Å². The Morgan fingerprint density at radius 3 is 0.672 bits per heavy atom. The Morgan fingerprint density at radius 1 is 0.328 bits per heavy atom. The molecule has 0 fully saturated rings. The highest BCUT2D eigenvalue weighted by Gasteiger charge is 2.52. The standard InChI is InChI=1S/C24BF20.C11H17OS/c26-5-1(6(27)14(35)21(42)13(5)34)25(2-7(28)15(36)22(43)16(37)8(2)29,3-9(30)17(38)23(44)18(39)10(3)31)4-11(32)19(40)24(45)20(41)12(4)33;1-8-6-9(2)11(10(3)7-8)12-13(4)5/h;6-7H,1-5H3/q-1;+1. The second-order valence-electron chi connectivity index (χ2n) is 12.4. The van der Waals surface area contributed by atoms with Gasteiger partial charge in [0.05, 0.1) is 0 Å². The molecule has 0 aliphatic heterocycles. The lowest BCUT2D eigenvalue weighted by Crippen LogP contribution is -2.81. The lowest BCUT2D eigenvalue weighted by atomic mass is 9.12. The molecule has 0 unspecified atom stereocenters. The van der Waals surface area contributed by atoms with E-state index in [1.807, 2.05) is 0 Å². The third-order valence-electron chi connectivity index (χ3n) is 8.56. The summed E-state index contributed by atoms with van der Waals surface area (Å²) in [5.41, 5.74) is -10.6. The van der Waals surface area contributed by atoms with Gasteiger partial charge in [-0.25, -0.2) is 87.8 Å². The van der Waals surface area contributed by atoms with E-state index in [9.17, 15) is 52.7 Å². The molecule has 0 bridgehead atoms. The van der Waals surface area contributed by atoms with Gasteiger partial charge in [0, 0.05) is 0 Å². The predicted molar refractivity (Wildman–Crippen MR) is 170 cm³/mol. The quantitative estimate of drug-likeness (QED) is 0.0547. The number of hydrogen-bond acceptors (Lipinski definition) is 1. The summed E-state index contributed by atoms with van der Waals surface area (Å²) in [6.07, 6.45) is -3.05. The van der Waals surface area contributed by atoms with Crippen LogP contribution in [0.1, 0.15) is 16.7 Å². The van der Waals surface area contributed by atoms with E-state index in [1.165, 1.54) is 16.7 Å². The minimum absolute atomic E-state index is 0.00629. The van der Waals surface area contributed by atoms with E-state index in [-0.39, 0.29) is 11.2 Å². The molecule has 0 saturated heterocycles. The fraction of sp³-hybridized carbons (Fsp3) is 0.143. The second kappa shape index (κ2) is 16.3. The van der Waals surface area contributed by atoms with Crippen molar-refractivity contribution < 1.29 is 92.0 Å². The van der Waals surface area contributed by atoms with Gasteiger partial charge in [-0.2, -0.15) is 0 Å². The molecule has 0 amide bonds. The first kappa shape index (κ1) is 45.6. The molecule has 0 aromatic heterocycles. The van der Waals surface area contributed by atoms with Gasteiger partial charge in [0.1, 0.15) is 65.2 Å². The largest absolute Gasteiger partial charge is 0.286 e. The van der Waals surface area contributed by atoms with Crippen LogP contribution in [0.25, 0.3) is 0 Å². The third kappa shape index (κ3) is 6.97. The highest BCUT2D eigenvalue weighted by atomic mass is 32.2. The van der Waals surface area contributed by atoms with E-state index < -0.39 is 144 Å². The lowest BCUT2D eigenvalue weighted by molar-refractivity contribution is 0.378. The van der Waals surface area contributed by atoms with Crippen LogP contribution in [0.4, 0.5) is 87.8 Å². The fourth-order valence-electron chi connectivity index (χ4n) is 6.34. The molecular weight excluding hydrogens is 859 g/mol. The molecule has 0 heterocycles. The normalized spacial score (nSPS) is 11.7. The van der Waals surface area contributed by atoms with Crippen molar-refractivity contribution in [1.29, 1.82) is 0 Å². The maximum atomic E-state index is 15.4. The molecule has 0 atom stereocenters. The van der Waals surface area contributed by atoms with E-state index >= 15 is 35.1 Å². The summed E-state index contributed by atoms with van der Waals surface area (Å²) in [7, 11) is 0. The Hall–Kier alpha value is -5.09. The molecule has 0 spiro atoms. The van der Waals surface area contributed by atoms with Gasteiger partial charge < -0.3 is 0 Å². The Kier molecular flexibility index (Phi) is 12.8. The Morgan fingerprint density at radius 2 is 0.500 bits per heavy atom. The zero-order valence-corrected chi connectivity index (χ0v) is 29.9. The molecule has 0 aliphatic rings. The van der Waals surface area contributed by atoms with Crippen LogP contribution < -0.4 is 26.0 Å². The SMILES string of the molecule is Cc1cc(C)c(O[S+](C)C)c(C)c1.Fc1c(F)c(F)c([B-](c2c(F)c(F)c(F)c(F)c2F)(c2c(F)c(F)c(F)c(F)c2F)c2c(F)c(F)c(F)c(F)c2F)c(F)c1F. The van der Waals surface area contributed by atoms with Gasteiger partial charge in [-0.15, -0.1) is 21.9 Å². The summed E-state index contributed by atoms with van der Waals surface area (Å²) in [4.78, 5) is 0. The highest BCUT2D eigenvalue weighted by Crippen LogP contribution is 2.31. The highest BCUT2D eigenvalue weighted by molar-refractivity contribution is 7.91. The number of benzene rings is 5. The topological polar surface area (TPSA) is 9.23 Å². The first-order valence-corrected chi connectivity index (χ1v) is 17.2. The van der Waals surface area contributed by atoms with Gasteiger partial charge >= 0.3 is 0 Å². The van der Waals surface area contributed by atoms with Gasteiger partial charge in [-0.05, 0) is 31.9 Å². The van der Waals surface area contributed by atoms with Crippen LogP contribution in [0, 0.1) is 137 Å². The van der Waals surface area contributed by atoms with Crippen molar-refractivity contribution in [3.05, 3.63) is 145 Å². The van der Waals surface area contributed by atoms with Gasteiger partial charge in [-0.1, -0.05) is 17.7 Å². The Bertz CT molecular complexity index is 2100. The summed E-state index contributed by atoms with van der Waals surface area (Å²) in [5.74, 6) is -70.4. The van der Waals surface area contributed by atoms with E-state index in [0.717, 1.165) is 5.75 Å². The molecule has 5 aromatic rings. The number of hydrogen-bond donors (Lipinski definition) is 0. The molecule has 23 heteroatoms. The fourth-order valence-corrected chi connectivity index (χ4v) is 6.94. The van der Waals surface area contributed by atoms with Gasteiger partial charge in [0.15, 0.2) is 86.7 Å². The van der Waals surface area contributed by atoms with E-state index in [2.05, 4.69) is 45.4 Å². The van der Waals surface area contributed by atoms with Crippen LogP contribution >= 0.6 is 0 Å². The molecule has 0 radical (unpaired) electrons. The summed E-state index contributed by atoms with van der Waals surface area (Å²) >= 11 is 0.00629. The van der Waals surface area contributed by atoms with Crippen molar-refractivity contribution in [2.24, 2.45) is 0 Å². The van der Waals surface area contributed by atoms with Gasteiger partial charge in [-0.3, -0.25) is 4.18 Å². The molecule has 5 rings (SSSR count). The molecule has 0 N–H and O–H groups in total. The smallest absolute Gasteiger partial charge is 0.200 e. The maximum Gasteiger partial charge on any atom is 0.200 e. The predicted octanol–water partition coefficient (Wildman–Crippen LogP) is 8.63. The number of aryl methyl sites for hydroxylation is 3. The van der Waals surface area contributed by atoms with Crippen molar-refractivity contribution in [3.63, 3.8) is 0 Å². The van der Waals surface area contributed by atoms with Gasteiger partial charge in [0.25, 0.3) is 0 Å². The number of halogens is 20. The number of rotatable bonds is 6. The van der Waals surface area contributed by atoms with Crippen LogP contribution in [0.2, 0.25) is 0 Å². The van der Waals surface area contributed by atoms with Crippen molar-refractivity contribution in [3.8, 4) is 5.75 Å². The monoisotopic (exact) mass is 876 g/mol. The van der Waals surface area contributed by atoms with Crippen molar-refractivity contribution in [2.75, 3.05) is 12.5 Å². The molecule has 58 heavy (non-hydrogen) atoms. The lowest BCUT2D eigenvalue weighted by Gasteiger charge is -2.44. The first-order valence-electron chi connectivity index (χ1n) is 15.3. The maximum absolute atomic E-state index is 15.4. The Labute approximate surface area is 315 Å². The first-order chi connectivity index (χ1) is 26.7. The Balaban J connectivity index is 0.000000486. The van der Waals surface area contributed by atoms with E-state index in [0.29, 0.717) is 0 Å². The van der Waals surface area contributed by atoms with Gasteiger partial charge in [0.2, 0.25) is 0 Å². The van der Waals surface area contributed by atoms with E-state index in [1.54, 1.807) is 0 Å². The zero-order chi connectivity index (χ0) is 44.4. The molecular formula is C35H17BF20OS. The summed E-state index contributed by atoms with van der Waals surface area (Å²) in [6, 6.07) is 4.32.